The maximum atomic E-state index is 11.4. The molecule has 2 rings (SSSR count). The molecule has 84 valence electrons. The lowest BCUT2D eigenvalue weighted by Gasteiger charge is -2.00. The molecule has 0 spiro atoms. The van der Waals surface area contributed by atoms with Gasteiger partial charge < -0.3 is 4.52 Å². The van der Waals surface area contributed by atoms with Crippen LogP contribution < -0.4 is 11.2 Å². The molecule has 1 N–H and O–H groups in total. The molecular formula is C8H7BrN4O3. The standard InChI is InChI=1S/C8H7BrN4O3/c1-4-10-6(12-16-4)3-13-2-5(9)7(14)11-8(13)15/h2H,3H2,1H3,(H,11,14,15). The molecule has 16 heavy (non-hydrogen) atoms. The molecule has 0 aliphatic carbocycles. The van der Waals surface area contributed by atoms with Gasteiger partial charge in [0, 0.05) is 13.1 Å². The fourth-order valence-electron chi connectivity index (χ4n) is 1.16. The van der Waals surface area contributed by atoms with Crippen molar-refractivity contribution in [2.24, 2.45) is 0 Å². The van der Waals surface area contributed by atoms with Gasteiger partial charge in [-0.25, -0.2) is 4.79 Å². The van der Waals surface area contributed by atoms with E-state index in [1.165, 1.54) is 10.8 Å². The van der Waals surface area contributed by atoms with Crippen LogP contribution in [0.5, 0.6) is 0 Å². The molecule has 2 aromatic heterocycles. The minimum absolute atomic E-state index is 0.144. The molecular weight excluding hydrogens is 280 g/mol. The van der Waals surface area contributed by atoms with E-state index in [1.807, 2.05) is 0 Å². The van der Waals surface area contributed by atoms with Crippen molar-refractivity contribution in [3.05, 3.63) is 43.2 Å². The van der Waals surface area contributed by atoms with Crippen molar-refractivity contribution < 1.29 is 4.52 Å². The smallest absolute Gasteiger partial charge is 0.328 e. The highest BCUT2D eigenvalue weighted by molar-refractivity contribution is 9.10. The van der Waals surface area contributed by atoms with Crippen LogP contribution in [-0.2, 0) is 6.54 Å². The molecule has 0 aliphatic rings. The minimum atomic E-state index is -0.518. The number of H-pyrrole nitrogens is 1. The Hall–Kier alpha value is -1.70. The summed E-state index contributed by atoms with van der Waals surface area (Å²) in [6.07, 6.45) is 1.38. The van der Waals surface area contributed by atoms with Crippen molar-refractivity contribution in [3.8, 4) is 0 Å². The summed E-state index contributed by atoms with van der Waals surface area (Å²) in [5, 5.41) is 3.65. The first-order valence-electron chi connectivity index (χ1n) is 4.35. The van der Waals surface area contributed by atoms with E-state index >= 15 is 0 Å². The summed E-state index contributed by atoms with van der Waals surface area (Å²) in [5.74, 6) is 0.796. The average molecular weight is 287 g/mol. The van der Waals surface area contributed by atoms with Crippen molar-refractivity contribution in [1.29, 1.82) is 0 Å². The Morgan fingerprint density at radius 1 is 1.56 bits per heavy atom. The molecule has 0 amide bonds. The van der Waals surface area contributed by atoms with Gasteiger partial charge in [0.25, 0.3) is 5.56 Å². The highest BCUT2D eigenvalue weighted by Gasteiger charge is 2.06. The molecule has 0 bridgehead atoms. The largest absolute Gasteiger partial charge is 0.340 e. The maximum absolute atomic E-state index is 11.4. The van der Waals surface area contributed by atoms with E-state index in [9.17, 15) is 9.59 Å². The monoisotopic (exact) mass is 286 g/mol. The number of halogens is 1. The van der Waals surface area contributed by atoms with E-state index in [4.69, 9.17) is 4.52 Å². The van der Waals surface area contributed by atoms with E-state index in [0.717, 1.165) is 0 Å². The second-order valence-corrected chi connectivity index (χ2v) is 3.95. The van der Waals surface area contributed by atoms with Gasteiger partial charge in [-0.3, -0.25) is 14.3 Å². The Bertz CT molecular complexity index is 627. The molecule has 0 aliphatic heterocycles. The lowest BCUT2D eigenvalue weighted by atomic mass is 10.5. The van der Waals surface area contributed by atoms with Crippen LogP contribution in [0.1, 0.15) is 11.7 Å². The number of rotatable bonds is 2. The van der Waals surface area contributed by atoms with Gasteiger partial charge in [-0.1, -0.05) is 5.16 Å². The summed E-state index contributed by atoms with van der Waals surface area (Å²) in [6.45, 7) is 1.80. The predicted molar refractivity (Wildman–Crippen MR) is 57.2 cm³/mol. The lowest BCUT2D eigenvalue weighted by Crippen LogP contribution is -2.30. The van der Waals surface area contributed by atoms with E-state index < -0.39 is 11.2 Å². The third-order valence-electron chi connectivity index (χ3n) is 1.85. The number of nitrogens with zero attached hydrogens (tertiary/aromatic N) is 3. The van der Waals surface area contributed by atoms with Gasteiger partial charge in [0.05, 0.1) is 11.0 Å². The molecule has 0 fully saturated rings. The number of aromatic amines is 1. The van der Waals surface area contributed by atoms with E-state index in [0.29, 0.717) is 11.7 Å². The first-order valence-corrected chi connectivity index (χ1v) is 5.14. The topological polar surface area (TPSA) is 93.8 Å². The van der Waals surface area contributed by atoms with Crippen LogP contribution >= 0.6 is 15.9 Å². The first kappa shape index (κ1) is 10.8. The van der Waals surface area contributed by atoms with Crippen molar-refractivity contribution in [1.82, 2.24) is 19.7 Å². The van der Waals surface area contributed by atoms with E-state index in [2.05, 4.69) is 31.1 Å². The summed E-state index contributed by atoms with van der Waals surface area (Å²) in [6, 6.07) is 0. The Labute approximate surface area is 97.2 Å². The van der Waals surface area contributed by atoms with Crippen molar-refractivity contribution >= 4 is 15.9 Å². The zero-order chi connectivity index (χ0) is 11.7. The molecule has 0 atom stereocenters. The SMILES string of the molecule is Cc1nc(Cn2cc(Br)c(=O)[nH]c2=O)no1. The zero-order valence-electron chi connectivity index (χ0n) is 8.23. The predicted octanol–water partition coefficient (Wildman–Crippen LogP) is 0.0388. The van der Waals surface area contributed by atoms with Gasteiger partial charge in [0.15, 0.2) is 5.82 Å². The third-order valence-corrected chi connectivity index (χ3v) is 2.41. The van der Waals surface area contributed by atoms with Crippen LogP contribution in [0.2, 0.25) is 0 Å². The summed E-state index contributed by atoms with van der Waals surface area (Å²) in [5.41, 5.74) is -0.985. The number of hydrogen-bond acceptors (Lipinski definition) is 5. The fraction of sp³-hybridized carbons (Fsp3) is 0.250. The molecule has 0 radical (unpaired) electrons. The van der Waals surface area contributed by atoms with Gasteiger partial charge in [-0.05, 0) is 15.9 Å². The summed E-state index contributed by atoms with van der Waals surface area (Å²) >= 11 is 3.03. The average Bonchev–Trinajstić information content (AvgIpc) is 2.60. The second-order valence-electron chi connectivity index (χ2n) is 3.09. The Morgan fingerprint density at radius 3 is 2.94 bits per heavy atom. The van der Waals surface area contributed by atoms with Crippen LogP contribution in [-0.4, -0.2) is 19.7 Å². The Morgan fingerprint density at radius 2 is 2.31 bits per heavy atom. The molecule has 7 nitrogen and oxygen atoms in total. The highest BCUT2D eigenvalue weighted by Crippen LogP contribution is 2.00. The van der Waals surface area contributed by atoms with E-state index in [-0.39, 0.29) is 11.0 Å². The number of hydrogen-bond donors (Lipinski definition) is 1. The van der Waals surface area contributed by atoms with Gasteiger partial charge in [-0.2, -0.15) is 4.98 Å². The molecule has 0 unspecified atom stereocenters. The van der Waals surface area contributed by atoms with Gasteiger partial charge in [-0.15, -0.1) is 0 Å². The van der Waals surface area contributed by atoms with Crippen LogP contribution in [0.3, 0.4) is 0 Å². The van der Waals surface area contributed by atoms with Gasteiger partial charge in [0.2, 0.25) is 5.89 Å². The molecule has 2 aromatic rings. The molecule has 2 heterocycles. The summed E-state index contributed by atoms with van der Waals surface area (Å²) < 4.78 is 6.31. The lowest BCUT2D eigenvalue weighted by molar-refractivity contribution is 0.385. The maximum Gasteiger partial charge on any atom is 0.328 e. The van der Waals surface area contributed by atoms with Crippen LogP contribution in [0.15, 0.2) is 24.8 Å². The van der Waals surface area contributed by atoms with Crippen LogP contribution in [0.4, 0.5) is 0 Å². The van der Waals surface area contributed by atoms with Crippen molar-refractivity contribution in [2.45, 2.75) is 13.5 Å². The normalized spacial score (nSPS) is 10.6. The van der Waals surface area contributed by atoms with Gasteiger partial charge in [0.1, 0.15) is 0 Å². The van der Waals surface area contributed by atoms with E-state index in [1.54, 1.807) is 6.92 Å². The van der Waals surface area contributed by atoms with Crippen LogP contribution in [0.25, 0.3) is 0 Å². The fourth-order valence-corrected chi connectivity index (χ4v) is 1.50. The third kappa shape index (κ3) is 2.11. The highest BCUT2D eigenvalue weighted by atomic mass is 79.9. The zero-order valence-corrected chi connectivity index (χ0v) is 9.81. The first-order chi connectivity index (χ1) is 7.56. The van der Waals surface area contributed by atoms with Gasteiger partial charge >= 0.3 is 5.69 Å². The second kappa shape index (κ2) is 4.05. The van der Waals surface area contributed by atoms with Crippen molar-refractivity contribution in [3.63, 3.8) is 0 Å². The van der Waals surface area contributed by atoms with Crippen LogP contribution in [0, 0.1) is 6.92 Å². The Kier molecular flexibility index (Phi) is 2.73. The number of aromatic nitrogens is 4. The molecule has 8 heteroatoms. The molecule has 0 saturated carbocycles. The molecule has 0 saturated heterocycles. The minimum Gasteiger partial charge on any atom is -0.340 e. The van der Waals surface area contributed by atoms with Crippen molar-refractivity contribution in [2.75, 3.05) is 0 Å². The Balaban J connectivity index is 2.39. The number of nitrogens with one attached hydrogen (secondary N) is 1. The quantitative estimate of drug-likeness (QED) is 0.841. The number of aryl methyl sites for hydroxylation is 1. The summed E-state index contributed by atoms with van der Waals surface area (Å²) in [4.78, 5) is 28.6. The molecule has 0 aromatic carbocycles. The summed E-state index contributed by atoms with van der Waals surface area (Å²) in [7, 11) is 0.